The number of Topliss-reactive ketones (excluding diaryl/α,β-unsaturated/α-hetero) is 1. The van der Waals surface area contributed by atoms with E-state index in [-0.39, 0.29) is 30.6 Å². The fourth-order valence-electron chi connectivity index (χ4n) is 2.65. The number of hydrogen-bond donors (Lipinski definition) is 1. The standard InChI is InChI=1S/C20H23NO5.ClH/c1-5-13-8-6-7-9-15(13)20(23)21-12-16(22)14-10-17(24-2)19(26-4)18(11-14)25-3;/h6-11H,5,12H2,1-4H3,(H,21,23);1H. The van der Waals surface area contributed by atoms with Crippen LogP contribution in [0.2, 0.25) is 0 Å². The third-order valence-electron chi connectivity index (χ3n) is 4.04. The molecule has 1 N–H and O–H groups in total. The maximum absolute atomic E-state index is 12.5. The number of amides is 1. The van der Waals surface area contributed by atoms with E-state index in [0.717, 1.165) is 12.0 Å². The second-order valence-corrected chi connectivity index (χ2v) is 5.53. The SMILES string of the molecule is CCc1ccccc1C(=O)NCC(=O)c1cc(OC)c(OC)c(OC)c1.Cl. The normalized spacial score (nSPS) is 9.78. The maximum Gasteiger partial charge on any atom is 0.251 e. The van der Waals surface area contributed by atoms with Crippen LogP contribution in [-0.2, 0) is 6.42 Å². The summed E-state index contributed by atoms with van der Waals surface area (Å²) in [6.45, 7) is 1.85. The molecule has 146 valence electrons. The van der Waals surface area contributed by atoms with Crippen molar-refractivity contribution in [2.45, 2.75) is 13.3 Å². The lowest BCUT2D eigenvalue weighted by Crippen LogP contribution is -2.30. The highest BCUT2D eigenvalue weighted by molar-refractivity contribution is 6.03. The van der Waals surface area contributed by atoms with E-state index in [1.165, 1.54) is 21.3 Å². The van der Waals surface area contributed by atoms with Gasteiger partial charge in [-0.05, 0) is 30.2 Å². The predicted octanol–water partition coefficient (Wildman–Crippen LogP) is 3.31. The molecule has 0 radical (unpaired) electrons. The Kier molecular flexibility index (Phi) is 8.62. The van der Waals surface area contributed by atoms with E-state index >= 15 is 0 Å². The fraction of sp³-hybridized carbons (Fsp3) is 0.300. The highest BCUT2D eigenvalue weighted by Crippen LogP contribution is 2.38. The lowest BCUT2D eigenvalue weighted by molar-refractivity contribution is 0.0903. The smallest absolute Gasteiger partial charge is 0.251 e. The zero-order chi connectivity index (χ0) is 19.1. The van der Waals surface area contributed by atoms with E-state index in [1.807, 2.05) is 19.1 Å². The molecule has 0 heterocycles. The van der Waals surface area contributed by atoms with Gasteiger partial charge in [0.25, 0.3) is 5.91 Å². The van der Waals surface area contributed by atoms with Gasteiger partial charge in [-0.15, -0.1) is 12.4 Å². The number of ketones is 1. The molecule has 0 fully saturated rings. The largest absolute Gasteiger partial charge is 0.493 e. The molecular formula is C20H24ClNO5. The van der Waals surface area contributed by atoms with Crippen LogP contribution in [0.5, 0.6) is 17.2 Å². The number of methoxy groups -OCH3 is 3. The summed E-state index contributed by atoms with van der Waals surface area (Å²) < 4.78 is 15.7. The van der Waals surface area contributed by atoms with Crippen LogP contribution in [0.25, 0.3) is 0 Å². The van der Waals surface area contributed by atoms with Crippen LogP contribution in [0.4, 0.5) is 0 Å². The zero-order valence-corrected chi connectivity index (χ0v) is 16.6. The Bertz CT molecular complexity index is 782. The predicted molar refractivity (Wildman–Crippen MR) is 106 cm³/mol. The van der Waals surface area contributed by atoms with Crippen LogP contribution in [0, 0.1) is 0 Å². The van der Waals surface area contributed by atoms with Gasteiger partial charge in [-0.1, -0.05) is 25.1 Å². The van der Waals surface area contributed by atoms with E-state index in [9.17, 15) is 9.59 Å². The van der Waals surface area contributed by atoms with E-state index in [0.29, 0.717) is 28.4 Å². The number of carbonyl (C=O) groups excluding carboxylic acids is 2. The van der Waals surface area contributed by atoms with E-state index in [2.05, 4.69) is 5.32 Å². The molecule has 7 heteroatoms. The number of carbonyl (C=O) groups is 2. The molecule has 0 aliphatic heterocycles. The molecule has 0 saturated heterocycles. The zero-order valence-electron chi connectivity index (χ0n) is 15.8. The number of halogens is 1. The molecule has 27 heavy (non-hydrogen) atoms. The molecule has 2 rings (SSSR count). The summed E-state index contributed by atoms with van der Waals surface area (Å²) in [5.41, 5.74) is 1.88. The number of benzene rings is 2. The molecular weight excluding hydrogens is 370 g/mol. The summed E-state index contributed by atoms with van der Waals surface area (Å²) >= 11 is 0. The van der Waals surface area contributed by atoms with Crippen molar-refractivity contribution in [3.8, 4) is 17.2 Å². The Morgan fingerprint density at radius 3 is 2.07 bits per heavy atom. The van der Waals surface area contributed by atoms with Crippen molar-refractivity contribution in [1.82, 2.24) is 5.32 Å². The molecule has 0 bridgehead atoms. The van der Waals surface area contributed by atoms with Gasteiger partial charge >= 0.3 is 0 Å². The molecule has 0 atom stereocenters. The Labute approximate surface area is 165 Å². The van der Waals surface area contributed by atoms with Gasteiger partial charge in [-0.2, -0.15) is 0 Å². The topological polar surface area (TPSA) is 73.9 Å². The van der Waals surface area contributed by atoms with Gasteiger partial charge in [0.1, 0.15) is 0 Å². The monoisotopic (exact) mass is 393 g/mol. The minimum Gasteiger partial charge on any atom is -0.493 e. The second kappa shape index (κ2) is 10.4. The lowest BCUT2D eigenvalue weighted by Gasteiger charge is -2.14. The van der Waals surface area contributed by atoms with Crippen LogP contribution >= 0.6 is 12.4 Å². The van der Waals surface area contributed by atoms with Crippen molar-refractivity contribution in [1.29, 1.82) is 0 Å². The third kappa shape index (κ3) is 5.14. The molecule has 0 aromatic heterocycles. The molecule has 6 nitrogen and oxygen atoms in total. The van der Waals surface area contributed by atoms with E-state index < -0.39 is 0 Å². The Morgan fingerprint density at radius 2 is 1.56 bits per heavy atom. The molecule has 0 aliphatic carbocycles. The molecule has 2 aromatic rings. The first-order chi connectivity index (χ1) is 12.5. The number of hydrogen-bond acceptors (Lipinski definition) is 5. The second-order valence-electron chi connectivity index (χ2n) is 5.53. The highest BCUT2D eigenvalue weighted by Gasteiger charge is 2.18. The van der Waals surface area contributed by atoms with Crippen LogP contribution in [0.15, 0.2) is 36.4 Å². The summed E-state index contributed by atoms with van der Waals surface area (Å²) in [6.07, 6.45) is 0.740. The van der Waals surface area contributed by atoms with Gasteiger partial charge in [-0.25, -0.2) is 0 Å². The lowest BCUT2D eigenvalue weighted by atomic mass is 10.0. The van der Waals surface area contributed by atoms with Crippen molar-refractivity contribution in [2.24, 2.45) is 0 Å². The molecule has 0 saturated carbocycles. The van der Waals surface area contributed by atoms with E-state index in [1.54, 1.807) is 24.3 Å². The first kappa shape index (κ1) is 22.3. The first-order valence-corrected chi connectivity index (χ1v) is 8.25. The van der Waals surface area contributed by atoms with Crippen LogP contribution < -0.4 is 19.5 Å². The summed E-state index contributed by atoms with van der Waals surface area (Å²) in [5, 5.41) is 2.67. The number of rotatable bonds is 8. The average molecular weight is 394 g/mol. The van der Waals surface area contributed by atoms with Gasteiger partial charge in [0.2, 0.25) is 5.75 Å². The Hall–Kier alpha value is -2.73. The summed E-state index contributed by atoms with van der Waals surface area (Å²) in [6, 6.07) is 10.5. The quantitative estimate of drug-likeness (QED) is 0.696. The Morgan fingerprint density at radius 1 is 0.963 bits per heavy atom. The summed E-state index contributed by atoms with van der Waals surface area (Å²) in [4.78, 5) is 24.9. The van der Waals surface area contributed by atoms with Gasteiger partial charge in [0, 0.05) is 11.1 Å². The molecule has 0 spiro atoms. The number of ether oxygens (including phenoxy) is 3. The van der Waals surface area contributed by atoms with Crippen LogP contribution in [0.1, 0.15) is 33.2 Å². The number of nitrogens with one attached hydrogen (secondary N) is 1. The van der Waals surface area contributed by atoms with E-state index in [4.69, 9.17) is 14.2 Å². The molecule has 0 aliphatic rings. The third-order valence-corrected chi connectivity index (χ3v) is 4.04. The highest BCUT2D eigenvalue weighted by atomic mass is 35.5. The van der Waals surface area contributed by atoms with Crippen molar-refractivity contribution in [3.63, 3.8) is 0 Å². The van der Waals surface area contributed by atoms with Crippen LogP contribution in [-0.4, -0.2) is 39.6 Å². The molecule has 2 aromatic carbocycles. The van der Waals surface area contributed by atoms with Gasteiger partial charge in [0.15, 0.2) is 17.3 Å². The van der Waals surface area contributed by atoms with Crippen molar-refractivity contribution < 1.29 is 23.8 Å². The van der Waals surface area contributed by atoms with Gasteiger partial charge in [0.05, 0.1) is 27.9 Å². The fourth-order valence-corrected chi connectivity index (χ4v) is 2.65. The maximum atomic E-state index is 12.5. The van der Waals surface area contributed by atoms with Gasteiger partial charge in [-0.3, -0.25) is 9.59 Å². The minimum absolute atomic E-state index is 0. The average Bonchev–Trinajstić information content (AvgIpc) is 2.70. The Balaban J connectivity index is 0.00000364. The van der Waals surface area contributed by atoms with Gasteiger partial charge < -0.3 is 19.5 Å². The summed E-state index contributed by atoms with van der Waals surface area (Å²) in [5.74, 6) is 0.651. The first-order valence-electron chi connectivity index (χ1n) is 8.25. The summed E-state index contributed by atoms with van der Waals surface area (Å²) in [7, 11) is 4.46. The molecule has 0 unspecified atom stereocenters. The van der Waals surface area contributed by atoms with Crippen molar-refractivity contribution >= 4 is 24.1 Å². The molecule has 1 amide bonds. The van der Waals surface area contributed by atoms with Crippen LogP contribution in [0.3, 0.4) is 0 Å². The number of aryl methyl sites for hydroxylation is 1. The van der Waals surface area contributed by atoms with Crippen molar-refractivity contribution in [3.05, 3.63) is 53.1 Å². The van der Waals surface area contributed by atoms with Crippen molar-refractivity contribution in [2.75, 3.05) is 27.9 Å². The minimum atomic E-state index is -0.275.